The molecule has 1 aliphatic heterocycles. The van der Waals surface area contributed by atoms with Gasteiger partial charge in [0.1, 0.15) is 12.4 Å². The van der Waals surface area contributed by atoms with Gasteiger partial charge in [-0.1, -0.05) is 37.3 Å². The van der Waals surface area contributed by atoms with Gasteiger partial charge in [-0.15, -0.1) is 0 Å². The van der Waals surface area contributed by atoms with Crippen molar-refractivity contribution in [1.82, 2.24) is 15.1 Å². The molecule has 0 atom stereocenters. The lowest BCUT2D eigenvalue weighted by molar-refractivity contribution is -0.120. The molecule has 7 nitrogen and oxygen atoms in total. The van der Waals surface area contributed by atoms with Crippen LogP contribution in [-0.2, 0) is 20.9 Å². The summed E-state index contributed by atoms with van der Waals surface area (Å²) in [5.41, 5.74) is 0.982. The Hall–Kier alpha value is -2.41. The molecule has 1 saturated heterocycles. The molecule has 1 N–H and O–H groups in total. The smallest absolute Gasteiger partial charge is 0.410 e. The molecule has 0 aromatic heterocycles. The van der Waals surface area contributed by atoms with Gasteiger partial charge in [0.05, 0.1) is 6.54 Å². The first-order valence-corrected chi connectivity index (χ1v) is 11.3. The minimum Gasteiger partial charge on any atom is -0.445 e. The van der Waals surface area contributed by atoms with E-state index in [4.69, 9.17) is 4.74 Å². The number of ketones is 1. The van der Waals surface area contributed by atoms with Crippen molar-refractivity contribution in [3.63, 3.8) is 0 Å². The summed E-state index contributed by atoms with van der Waals surface area (Å²) in [5, 5.41) is 2.96. The van der Waals surface area contributed by atoms with Gasteiger partial charge in [-0.05, 0) is 44.1 Å². The SMILES string of the molecule is CC(=O)CN1CCN(C(=O)OCc2ccccc2)CC1.CC(=O)NC1CCC(C)CC1. The van der Waals surface area contributed by atoms with Gasteiger partial charge in [0, 0.05) is 39.1 Å². The molecule has 172 valence electrons. The molecule has 1 aliphatic carbocycles. The van der Waals surface area contributed by atoms with E-state index in [1.165, 1.54) is 25.7 Å². The van der Waals surface area contributed by atoms with Crippen LogP contribution >= 0.6 is 0 Å². The zero-order valence-corrected chi connectivity index (χ0v) is 19.1. The maximum atomic E-state index is 11.9. The van der Waals surface area contributed by atoms with Crippen molar-refractivity contribution >= 4 is 17.8 Å². The molecule has 1 heterocycles. The van der Waals surface area contributed by atoms with E-state index in [0.29, 0.717) is 32.3 Å². The fourth-order valence-corrected chi connectivity index (χ4v) is 3.91. The van der Waals surface area contributed by atoms with Crippen LogP contribution in [0.1, 0.15) is 52.0 Å². The lowest BCUT2D eigenvalue weighted by atomic mass is 9.87. The van der Waals surface area contributed by atoms with E-state index in [-0.39, 0.29) is 17.8 Å². The fourth-order valence-electron chi connectivity index (χ4n) is 3.91. The molecule has 7 heteroatoms. The molecule has 2 fully saturated rings. The van der Waals surface area contributed by atoms with Crippen molar-refractivity contribution in [2.75, 3.05) is 32.7 Å². The molecular weight excluding hydrogens is 394 g/mol. The average molecular weight is 432 g/mol. The highest BCUT2D eigenvalue weighted by Crippen LogP contribution is 2.23. The highest BCUT2D eigenvalue weighted by Gasteiger charge is 2.22. The second-order valence-corrected chi connectivity index (χ2v) is 8.66. The Morgan fingerprint density at radius 1 is 0.968 bits per heavy atom. The Labute approximate surface area is 186 Å². The first kappa shape index (κ1) is 24.9. The van der Waals surface area contributed by atoms with Crippen LogP contribution in [0, 0.1) is 5.92 Å². The highest BCUT2D eigenvalue weighted by atomic mass is 16.6. The number of nitrogens with one attached hydrogen (secondary N) is 1. The summed E-state index contributed by atoms with van der Waals surface area (Å²) in [6, 6.07) is 10.1. The molecule has 0 bridgehead atoms. The maximum absolute atomic E-state index is 11.9. The molecule has 31 heavy (non-hydrogen) atoms. The Kier molecular flexibility index (Phi) is 10.5. The number of amides is 2. The summed E-state index contributed by atoms with van der Waals surface area (Å²) >= 11 is 0. The first-order chi connectivity index (χ1) is 14.8. The van der Waals surface area contributed by atoms with E-state index in [9.17, 15) is 14.4 Å². The summed E-state index contributed by atoms with van der Waals surface area (Å²) < 4.78 is 5.29. The van der Waals surface area contributed by atoms with E-state index in [2.05, 4.69) is 17.1 Å². The molecule has 3 rings (SSSR count). The predicted molar refractivity (Wildman–Crippen MR) is 121 cm³/mol. The van der Waals surface area contributed by atoms with Crippen LogP contribution in [0.5, 0.6) is 0 Å². The van der Waals surface area contributed by atoms with Gasteiger partial charge in [-0.2, -0.15) is 0 Å². The standard InChI is InChI=1S/C15H20N2O3.C9H17NO/c1-13(18)11-16-7-9-17(10-8-16)15(19)20-12-14-5-3-2-4-6-14;1-7-3-5-9(6-4-7)10-8(2)11/h2-6H,7-12H2,1H3;7,9H,3-6H2,1-2H3,(H,10,11). The van der Waals surface area contributed by atoms with Crippen molar-refractivity contribution < 1.29 is 19.1 Å². The number of piperazine rings is 1. The van der Waals surface area contributed by atoms with Crippen LogP contribution in [0.25, 0.3) is 0 Å². The molecule has 1 aromatic rings. The number of carbonyl (C=O) groups excluding carboxylic acids is 3. The van der Waals surface area contributed by atoms with Crippen molar-refractivity contribution in [2.45, 2.75) is 59.1 Å². The zero-order valence-electron chi connectivity index (χ0n) is 19.1. The second-order valence-electron chi connectivity index (χ2n) is 8.66. The van der Waals surface area contributed by atoms with Crippen LogP contribution in [0.15, 0.2) is 30.3 Å². The quantitative estimate of drug-likeness (QED) is 0.774. The first-order valence-electron chi connectivity index (χ1n) is 11.3. The number of nitrogens with zero attached hydrogens (tertiary/aromatic N) is 2. The predicted octanol–water partition coefficient (Wildman–Crippen LogP) is 3.23. The van der Waals surface area contributed by atoms with Crippen LogP contribution in [-0.4, -0.2) is 66.3 Å². The number of carbonyl (C=O) groups is 3. The minimum atomic E-state index is -0.281. The van der Waals surface area contributed by atoms with E-state index in [1.54, 1.807) is 18.7 Å². The molecule has 1 saturated carbocycles. The largest absolute Gasteiger partial charge is 0.445 e. The third-order valence-corrected chi connectivity index (χ3v) is 5.71. The Balaban J connectivity index is 0.000000262. The summed E-state index contributed by atoms with van der Waals surface area (Å²) in [6.07, 6.45) is 4.59. The van der Waals surface area contributed by atoms with Crippen LogP contribution in [0.4, 0.5) is 4.79 Å². The third-order valence-electron chi connectivity index (χ3n) is 5.71. The van der Waals surface area contributed by atoms with Gasteiger partial charge in [0.25, 0.3) is 0 Å². The van der Waals surface area contributed by atoms with Gasteiger partial charge >= 0.3 is 6.09 Å². The Bertz CT molecular complexity index is 694. The molecule has 2 amide bonds. The van der Waals surface area contributed by atoms with Gasteiger partial charge in [0.15, 0.2) is 0 Å². The van der Waals surface area contributed by atoms with E-state index >= 15 is 0 Å². The maximum Gasteiger partial charge on any atom is 0.410 e. The Morgan fingerprint density at radius 3 is 2.13 bits per heavy atom. The number of benzene rings is 1. The monoisotopic (exact) mass is 431 g/mol. The van der Waals surface area contributed by atoms with Gasteiger partial charge < -0.3 is 15.0 Å². The summed E-state index contributed by atoms with van der Waals surface area (Å²) in [7, 11) is 0. The third kappa shape index (κ3) is 9.96. The summed E-state index contributed by atoms with van der Waals surface area (Å²) in [6.45, 7) is 8.89. The Morgan fingerprint density at radius 2 is 1.58 bits per heavy atom. The van der Waals surface area contributed by atoms with Gasteiger partial charge in [-0.25, -0.2) is 4.79 Å². The van der Waals surface area contributed by atoms with Crippen LogP contribution in [0.3, 0.4) is 0 Å². The highest BCUT2D eigenvalue weighted by molar-refractivity contribution is 5.77. The van der Waals surface area contributed by atoms with E-state index < -0.39 is 0 Å². The molecule has 0 spiro atoms. The average Bonchev–Trinajstić information content (AvgIpc) is 2.75. The molecular formula is C24H37N3O4. The number of ether oxygens (including phenoxy) is 1. The molecule has 1 aromatic carbocycles. The minimum absolute atomic E-state index is 0.115. The molecule has 2 aliphatic rings. The number of Topliss-reactive ketones (excluding diaryl/α,β-unsaturated/α-hetero) is 1. The van der Waals surface area contributed by atoms with E-state index in [0.717, 1.165) is 24.6 Å². The van der Waals surface area contributed by atoms with Crippen LogP contribution in [0.2, 0.25) is 0 Å². The molecule has 0 unspecified atom stereocenters. The van der Waals surface area contributed by atoms with Crippen LogP contribution < -0.4 is 5.32 Å². The summed E-state index contributed by atoms with van der Waals surface area (Å²) in [5.74, 6) is 1.13. The second kappa shape index (κ2) is 13.1. The van der Waals surface area contributed by atoms with Crippen molar-refractivity contribution in [1.29, 1.82) is 0 Å². The molecule has 0 radical (unpaired) electrons. The summed E-state index contributed by atoms with van der Waals surface area (Å²) in [4.78, 5) is 37.4. The van der Waals surface area contributed by atoms with Gasteiger partial charge in [-0.3, -0.25) is 14.5 Å². The van der Waals surface area contributed by atoms with Crippen molar-refractivity contribution in [3.8, 4) is 0 Å². The number of hydrogen-bond acceptors (Lipinski definition) is 5. The lowest BCUT2D eigenvalue weighted by Gasteiger charge is -2.33. The van der Waals surface area contributed by atoms with Gasteiger partial charge in [0.2, 0.25) is 5.91 Å². The number of hydrogen-bond donors (Lipinski definition) is 1. The fraction of sp³-hybridized carbons (Fsp3) is 0.625. The normalized spacial score (nSPS) is 21.5. The van der Waals surface area contributed by atoms with E-state index in [1.807, 2.05) is 30.3 Å². The number of rotatable bonds is 5. The zero-order chi connectivity index (χ0) is 22.6. The topological polar surface area (TPSA) is 79.0 Å². The lowest BCUT2D eigenvalue weighted by Crippen LogP contribution is -2.49. The van der Waals surface area contributed by atoms with Crippen molar-refractivity contribution in [3.05, 3.63) is 35.9 Å². The van der Waals surface area contributed by atoms with Crippen molar-refractivity contribution in [2.24, 2.45) is 5.92 Å².